The maximum absolute atomic E-state index is 16.2. The van der Waals surface area contributed by atoms with Gasteiger partial charge in [0.2, 0.25) is 0 Å². The minimum absolute atomic E-state index is 0.298. The number of aromatic amines is 2. The number of hydrogen-bond acceptors (Lipinski definition) is 5. The summed E-state index contributed by atoms with van der Waals surface area (Å²) in [5.41, 5.74) is 5.48. The number of benzene rings is 2. The smallest absolute Gasteiger partial charge is 0.159 e. The second-order valence-electron chi connectivity index (χ2n) is 10.5. The lowest BCUT2D eigenvalue weighted by molar-refractivity contribution is 0.405. The van der Waals surface area contributed by atoms with Gasteiger partial charge in [-0.2, -0.15) is 5.10 Å². The molecule has 1 aliphatic carbocycles. The topological polar surface area (TPSA) is 95.2 Å². The third kappa shape index (κ3) is 4.53. The molecule has 0 bridgehead atoms. The van der Waals surface area contributed by atoms with Crippen molar-refractivity contribution in [2.75, 3.05) is 5.32 Å². The highest BCUT2D eigenvalue weighted by molar-refractivity contribution is 5.98. The van der Waals surface area contributed by atoms with E-state index >= 15 is 4.39 Å². The molecule has 0 radical (unpaired) electrons. The molecular formula is C32H27F2N7. The van der Waals surface area contributed by atoms with Crippen LogP contribution >= 0.6 is 0 Å². The van der Waals surface area contributed by atoms with Gasteiger partial charge in [0.25, 0.3) is 0 Å². The minimum Gasteiger partial charge on any atom is -0.358 e. The summed E-state index contributed by atoms with van der Waals surface area (Å²) in [6.45, 7) is 4.26. The number of nitrogens with one attached hydrogen (secondary N) is 3. The van der Waals surface area contributed by atoms with E-state index in [1.54, 1.807) is 55.0 Å². The summed E-state index contributed by atoms with van der Waals surface area (Å²) in [6.07, 6.45) is 10.9. The number of H-pyrrole nitrogens is 2. The molecule has 0 spiro atoms. The molecule has 1 aliphatic rings. The van der Waals surface area contributed by atoms with Gasteiger partial charge in [0, 0.05) is 34.8 Å². The predicted octanol–water partition coefficient (Wildman–Crippen LogP) is 8.01. The number of anilines is 1. The SMILES string of the molecule is C=C(Nc1cncc(-c2ccc3[nH]nc(-c4nc5c(-c6ccccc6F)nccc5[nH]4)c3c2F)c1)C1CCCCC1. The maximum atomic E-state index is 16.2. The third-order valence-corrected chi connectivity index (χ3v) is 7.87. The Morgan fingerprint density at radius 1 is 0.927 bits per heavy atom. The Labute approximate surface area is 234 Å². The van der Waals surface area contributed by atoms with Crippen molar-refractivity contribution in [2.24, 2.45) is 5.92 Å². The number of allylic oxidation sites excluding steroid dienone is 1. The molecule has 41 heavy (non-hydrogen) atoms. The van der Waals surface area contributed by atoms with Crippen molar-refractivity contribution < 1.29 is 8.78 Å². The van der Waals surface area contributed by atoms with E-state index in [1.165, 1.54) is 25.3 Å². The van der Waals surface area contributed by atoms with E-state index in [1.807, 2.05) is 6.07 Å². The molecule has 3 N–H and O–H groups in total. The summed E-state index contributed by atoms with van der Waals surface area (Å²) in [6, 6.07) is 13.6. The van der Waals surface area contributed by atoms with Crippen LogP contribution < -0.4 is 5.32 Å². The Hall–Kier alpha value is -4.92. The highest BCUT2D eigenvalue weighted by Crippen LogP contribution is 2.36. The Morgan fingerprint density at radius 2 is 1.78 bits per heavy atom. The molecule has 0 saturated heterocycles. The van der Waals surface area contributed by atoms with Crippen molar-refractivity contribution in [2.45, 2.75) is 32.1 Å². The summed E-state index contributed by atoms with van der Waals surface area (Å²) in [4.78, 5) is 16.7. The third-order valence-electron chi connectivity index (χ3n) is 7.87. The van der Waals surface area contributed by atoms with E-state index in [-0.39, 0.29) is 0 Å². The number of rotatable bonds is 6. The zero-order valence-electron chi connectivity index (χ0n) is 22.2. The number of fused-ring (bicyclic) bond motifs is 2. The molecule has 7 rings (SSSR count). The molecule has 7 nitrogen and oxygen atoms in total. The largest absolute Gasteiger partial charge is 0.358 e. The first kappa shape index (κ1) is 25.1. The van der Waals surface area contributed by atoms with Crippen LogP contribution in [0.1, 0.15) is 32.1 Å². The van der Waals surface area contributed by atoms with E-state index in [9.17, 15) is 4.39 Å². The molecule has 204 valence electrons. The van der Waals surface area contributed by atoms with E-state index in [0.29, 0.717) is 61.8 Å². The fraction of sp³-hybridized carbons (Fsp3) is 0.188. The van der Waals surface area contributed by atoms with Crippen molar-refractivity contribution in [1.29, 1.82) is 0 Å². The number of aromatic nitrogens is 6. The van der Waals surface area contributed by atoms with Gasteiger partial charge in [0.15, 0.2) is 5.82 Å². The van der Waals surface area contributed by atoms with Gasteiger partial charge >= 0.3 is 0 Å². The average Bonchev–Trinajstić information content (AvgIpc) is 3.63. The van der Waals surface area contributed by atoms with Gasteiger partial charge in [-0.05, 0) is 55.2 Å². The molecule has 9 heteroatoms. The highest BCUT2D eigenvalue weighted by Gasteiger charge is 2.22. The Morgan fingerprint density at radius 3 is 2.63 bits per heavy atom. The zero-order chi connectivity index (χ0) is 27.9. The standard InChI is InChI=1S/C32H27F2N7/c1-18(19-7-3-2-4-8-19)37-21-15-20(16-35-17-21)22-11-12-25-27(28(22)34)31(41-40-25)32-38-26-13-14-36-29(30(26)39-32)23-9-5-6-10-24(23)33/h5-6,9-17,19,37H,1-4,7-8H2,(H,38,39)(H,40,41). The normalized spacial score (nSPS) is 14.1. The van der Waals surface area contributed by atoms with Crippen molar-refractivity contribution >= 4 is 27.6 Å². The van der Waals surface area contributed by atoms with Crippen LogP contribution in [-0.4, -0.2) is 30.1 Å². The van der Waals surface area contributed by atoms with E-state index in [4.69, 9.17) is 4.98 Å². The molecule has 1 saturated carbocycles. The van der Waals surface area contributed by atoms with Gasteiger partial charge in [-0.1, -0.05) is 38.0 Å². The van der Waals surface area contributed by atoms with Crippen molar-refractivity contribution in [3.8, 4) is 33.9 Å². The minimum atomic E-state index is -0.441. The molecule has 0 atom stereocenters. The predicted molar refractivity (Wildman–Crippen MR) is 157 cm³/mol. The monoisotopic (exact) mass is 547 g/mol. The van der Waals surface area contributed by atoms with Crippen LogP contribution in [0.3, 0.4) is 0 Å². The summed E-state index contributed by atoms with van der Waals surface area (Å²) in [5, 5.41) is 11.0. The van der Waals surface area contributed by atoms with Crippen LogP contribution in [0, 0.1) is 17.6 Å². The molecule has 0 aliphatic heterocycles. The quantitative estimate of drug-likeness (QED) is 0.196. The lowest BCUT2D eigenvalue weighted by Gasteiger charge is -2.24. The Bertz CT molecular complexity index is 1920. The number of halogens is 2. The zero-order valence-corrected chi connectivity index (χ0v) is 22.2. The van der Waals surface area contributed by atoms with Crippen LogP contribution in [0.15, 0.2) is 79.4 Å². The number of imidazole rings is 1. The molecule has 1 fully saturated rings. The molecule has 0 amide bonds. The fourth-order valence-electron chi connectivity index (χ4n) is 5.76. The van der Waals surface area contributed by atoms with Gasteiger partial charge in [0.05, 0.1) is 28.3 Å². The van der Waals surface area contributed by atoms with Gasteiger partial charge in [-0.3, -0.25) is 15.1 Å². The van der Waals surface area contributed by atoms with E-state index < -0.39 is 11.6 Å². The van der Waals surface area contributed by atoms with Crippen molar-refractivity contribution in [3.63, 3.8) is 0 Å². The summed E-state index contributed by atoms with van der Waals surface area (Å²) < 4.78 is 30.8. The first-order valence-electron chi connectivity index (χ1n) is 13.7. The molecule has 0 unspecified atom stereocenters. The van der Waals surface area contributed by atoms with Gasteiger partial charge in [-0.25, -0.2) is 13.8 Å². The summed E-state index contributed by atoms with van der Waals surface area (Å²) in [5.74, 6) is -0.0491. The van der Waals surface area contributed by atoms with Crippen LogP contribution in [0.4, 0.5) is 14.5 Å². The van der Waals surface area contributed by atoms with Gasteiger partial charge in [-0.15, -0.1) is 0 Å². The number of hydrogen-bond donors (Lipinski definition) is 3. The van der Waals surface area contributed by atoms with Crippen LogP contribution in [-0.2, 0) is 0 Å². The van der Waals surface area contributed by atoms with Crippen molar-refractivity contribution in [3.05, 3.63) is 91.0 Å². The van der Waals surface area contributed by atoms with Crippen LogP contribution in [0.5, 0.6) is 0 Å². The lowest BCUT2D eigenvalue weighted by Crippen LogP contribution is -2.14. The summed E-state index contributed by atoms with van der Waals surface area (Å²) in [7, 11) is 0. The molecular weight excluding hydrogens is 520 g/mol. The van der Waals surface area contributed by atoms with Gasteiger partial charge in [0.1, 0.15) is 28.5 Å². The number of nitrogens with zero attached hydrogens (tertiary/aromatic N) is 4. The van der Waals surface area contributed by atoms with Gasteiger partial charge < -0.3 is 10.3 Å². The van der Waals surface area contributed by atoms with Crippen LogP contribution in [0.25, 0.3) is 55.8 Å². The highest BCUT2D eigenvalue weighted by atomic mass is 19.1. The second kappa shape index (κ2) is 10.2. The molecule has 2 aromatic carbocycles. The first-order chi connectivity index (χ1) is 20.1. The Balaban J connectivity index is 1.27. The first-order valence-corrected chi connectivity index (χ1v) is 13.7. The molecule has 6 aromatic rings. The average molecular weight is 548 g/mol. The number of pyridine rings is 2. The lowest BCUT2D eigenvalue weighted by atomic mass is 9.87. The van der Waals surface area contributed by atoms with E-state index in [0.717, 1.165) is 24.2 Å². The summed E-state index contributed by atoms with van der Waals surface area (Å²) >= 11 is 0. The van der Waals surface area contributed by atoms with Crippen molar-refractivity contribution in [1.82, 2.24) is 30.1 Å². The van der Waals surface area contributed by atoms with E-state index in [2.05, 4.69) is 37.0 Å². The van der Waals surface area contributed by atoms with Crippen LogP contribution in [0.2, 0.25) is 0 Å². The molecule has 4 heterocycles. The molecule has 4 aromatic heterocycles. The second-order valence-corrected chi connectivity index (χ2v) is 10.5. The maximum Gasteiger partial charge on any atom is 0.159 e. The fourth-order valence-corrected chi connectivity index (χ4v) is 5.76. The Kier molecular flexibility index (Phi) is 6.26.